The number of rotatable bonds is 2. The maximum atomic E-state index is 11.5. The van der Waals surface area contributed by atoms with E-state index in [1.165, 1.54) is 10.6 Å². The van der Waals surface area contributed by atoms with Gasteiger partial charge in [0.2, 0.25) is 0 Å². The second kappa shape index (κ2) is 3.82. The number of nitrogens with zero attached hydrogens (tertiary/aromatic N) is 4. The molecule has 0 amide bonds. The van der Waals surface area contributed by atoms with Gasteiger partial charge in [0.1, 0.15) is 11.3 Å². The topological polar surface area (TPSA) is 88.1 Å². The van der Waals surface area contributed by atoms with Gasteiger partial charge in [0.25, 0.3) is 0 Å². The van der Waals surface area contributed by atoms with Gasteiger partial charge in [-0.15, -0.1) is 10.2 Å². The molecule has 7 heteroatoms. The van der Waals surface area contributed by atoms with Crippen LogP contribution in [0.2, 0.25) is 0 Å². The molecule has 2 rings (SSSR count). The van der Waals surface area contributed by atoms with Gasteiger partial charge in [0.15, 0.2) is 21.3 Å². The molecule has 0 N–H and O–H groups in total. The summed E-state index contributed by atoms with van der Waals surface area (Å²) < 4.78 is 24.5. The molecular formula is C10H10N4O2S. The van der Waals surface area contributed by atoms with Crippen LogP contribution in [0.4, 0.5) is 0 Å². The van der Waals surface area contributed by atoms with Crippen molar-refractivity contribution < 1.29 is 8.42 Å². The summed E-state index contributed by atoms with van der Waals surface area (Å²) in [4.78, 5) is 0. The van der Waals surface area contributed by atoms with E-state index >= 15 is 0 Å². The lowest BCUT2D eigenvalue weighted by Crippen LogP contribution is -2.11. The Kier molecular flexibility index (Phi) is 2.59. The molecule has 0 saturated heterocycles. The number of hydrogen-bond donors (Lipinski definition) is 0. The highest BCUT2D eigenvalue weighted by Crippen LogP contribution is 2.20. The summed E-state index contributed by atoms with van der Waals surface area (Å²) in [7, 11) is -3.24. The zero-order valence-electron chi connectivity index (χ0n) is 9.32. The van der Waals surface area contributed by atoms with Crippen LogP contribution >= 0.6 is 0 Å². The number of fused-ring (bicyclic) bond motifs is 1. The first-order chi connectivity index (χ1) is 7.93. The maximum Gasteiger partial charge on any atom is 0.160 e. The van der Waals surface area contributed by atoms with Gasteiger partial charge in [-0.25, -0.2) is 8.42 Å². The lowest BCUT2D eigenvalue weighted by atomic mass is 10.3. The zero-order chi connectivity index (χ0) is 12.6. The molecule has 0 aliphatic heterocycles. The van der Waals surface area contributed by atoms with E-state index in [0.29, 0.717) is 17.0 Å². The van der Waals surface area contributed by atoms with E-state index in [9.17, 15) is 8.42 Å². The van der Waals surface area contributed by atoms with Gasteiger partial charge in [-0.2, -0.15) is 5.26 Å². The number of sulfone groups is 1. The molecule has 6 nitrogen and oxygen atoms in total. The van der Waals surface area contributed by atoms with Crippen molar-refractivity contribution in [3.8, 4) is 6.07 Å². The average Bonchev–Trinajstić information content (AvgIpc) is 2.69. The summed E-state index contributed by atoms with van der Waals surface area (Å²) in [5, 5.41) is 15.8. The smallest absolute Gasteiger partial charge is 0.160 e. The third-order valence-electron chi connectivity index (χ3n) is 2.56. The first-order valence-corrected chi connectivity index (χ1v) is 6.82. The van der Waals surface area contributed by atoms with Crippen molar-refractivity contribution in [3.63, 3.8) is 0 Å². The molecule has 0 fully saturated rings. The van der Waals surface area contributed by atoms with Gasteiger partial charge in [-0.05, 0) is 19.1 Å². The van der Waals surface area contributed by atoms with Crippen molar-refractivity contribution in [2.24, 2.45) is 0 Å². The zero-order valence-corrected chi connectivity index (χ0v) is 10.1. The molecule has 0 aliphatic rings. The Morgan fingerprint density at radius 3 is 2.71 bits per heavy atom. The molecule has 0 radical (unpaired) electrons. The van der Waals surface area contributed by atoms with Crippen molar-refractivity contribution in [3.05, 3.63) is 29.7 Å². The molecule has 2 aromatic heterocycles. The summed E-state index contributed by atoms with van der Waals surface area (Å²) in [5.74, 6) is 0.319. The van der Waals surface area contributed by atoms with E-state index in [-0.39, 0.29) is 0 Å². The van der Waals surface area contributed by atoms with Gasteiger partial charge in [-0.1, -0.05) is 0 Å². The first kappa shape index (κ1) is 11.5. The van der Waals surface area contributed by atoms with Crippen LogP contribution in [-0.2, 0) is 9.84 Å². The third kappa shape index (κ3) is 1.99. The van der Waals surface area contributed by atoms with Crippen molar-refractivity contribution in [2.75, 3.05) is 6.26 Å². The molecule has 0 saturated carbocycles. The first-order valence-electron chi connectivity index (χ1n) is 4.87. The molecule has 2 heterocycles. The monoisotopic (exact) mass is 250 g/mol. The fourth-order valence-corrected chi connectivity index (χ4v) is 1.99. The van der Waals surface area contributed by atoms with Crippen LogP contribution in [-0.4, -0.2) is 29.3 Å². The lowest BCUT2D eigenvalue weighted by molar-refractivity contribution is 0.588. The molecule has 2 aromatic rings. The Hall–Kier alpha value is -1.94. The third-order valence-corrected chi connectivity index (χ3v) is 4.06. The average molecular weight is 250 g/mol. The molecular weight excluding hydrogens is 240 g/mol. The van der Waals surface area contributed by atoms with E-state index in [0.717, 1.165) is 6.26 Å². The van der Waals surface area contributed by atoms with Crippen molar-refractivity contribution in [2.45, 2.75) is 12.2 Å². The highest BCUT2D eigenvalue weighted by atomic mass is 32.2. The van der Waals surface area contributed by atoms with Crippen molar-refractivity contribution >= 4 is 15.5 Å². The molecule has 0 aliphatic carbocycles. The molecule has 1 atom stereocenters. The number of pyridine rings is 1. The van der Waals surface area contributed by atoms with Crippen molar-refractivity contribution in [1.29, 1.82) is 5.26 Å². The van der Waals surface area contributed by atoms with E-state index in [1.54, 1.807) is 19.1 Å². The molecule has 0 bridgehead atoms. The Morgan fingerprint density at radius 2 is 2.12 bits per heavy atom. The Bertz CT molecular complexity index is 711. The van der Waals surface area contributed by atoms with Crippen LogP contribution in [0.1, 0.15) is 23.6 Å². The summed E-state index contributed by atoms with van der Waals surface area (Å²) in [6.07, 6.45) is 2.68. The minimum absolute atomic E-state index is 0.319. The van der Waals surface area contributed by atoms with Crippen LogP contribution < -0.4 is 0 Å². The predicted molar refractivity (Wildman–Crippen MR) is 61.0 cm³/mol. The fourth-order valence-electron chi connectivity index (χ4n) is 1.44. The standard InChI is InChI=1S/C10H10N4O2S/c1-7(17(2,15)16)10-13-12-9-4-3-8(5-11)6-14(9)10/h3-4,6-7H,1-2H3. The number of nitriles is 1. The molecule has 0 aromatic carbocycles. The van der Waals surface area contributed by atoms with Crippen LogP contribution in [0.3, 0.4) is 0 Å². The predicted octanol–water partition coefficient (Wildman–Crippen LogP) is 0.707. The maximum absolute atomic E-state index is 11.5. The SMILES string of the molecule is CC(c1nnc2ccc(C#N)cn12)S(C)(=O)=O. The van der Waals surface area contributed by atoms with Gasteiger partial charge >= 0.3 is 0 Å². The van der Waals surface area contributed by atoms with E-state index in [1.807, 2.05) is 6.07 Å². The summed E-state index contributed by atoms with van der Waals surface area (Å²) >= 11 is 0. The van der Waals surface area contributed by atoms with Gasteiger partial charge in [0.05, 0.1) is 5.56 Å². The normalized spacial score (nSPS) is 13.5. The summed E-state index contributed by atoms with van der Waals surface area (Å²) in [6.45, 7) is 1.55. The number of hydrogen-bond acceptors (Lipinski definition) is 5. The lowest BCUT2D eigenvalue weighted by Gasteiger charge is -2.06. The van der Waals surface area contributed by atoms with Gasteiger partial charge in [-0.3, -0.25) is 4.40 Å². The fraction of sp³-hybridized carbons (Fsp3) is 0.300. The minimum Gasteiger partial charge on any atom is -0.284 e. The summed E-state index contributed by atoms with van der Waals surface area (Å²) in [5.41, 5.74) is 0.953. The Balaban J connectivity index is 2.68. The molecule has 1 unspecified atom stereocenters. The largest absolute Gasteiger partial charge is 0.284 e. The molecule has 88 valence electrons. The van der Waals surface area contributed by atoms with E-state index < -0.39 is 15.1 Å². The van der Waals surface area contributed by atoms with Crippen LogP contribution in [0.15, 0.2) is 18.3 Å². The second-order valence-corrected chi connectivity index (χ2v) is 6.15. The van der Waals surface area contributed by atoms with Crippen molar-refractivity contribution in [1.82, 2.24) is 14.6 Å². The highest BCUT2D eigenvalue weighted by molar-refractivity contribution is 7.90. The minimum atomic E-state index is -3.24. The van der Waals surface area contributed by atoms with E-state index in [4.69, 9.17) is 5.26 Å². The second-order valence-electron chi connectivity index (χ2n) is 3.79. The van der Waals surface area contributed by atoms with Crippen LogP contribution in [0.5, 0.6) is 0 Å². The van der Waals surface area contributed by atoms with Gasteiger partial charge < -0.3 is 0 Å². The summed E-state index contributed by atoms with van der Waals surface area (Å²) in [6, 6.07) is 5.23. The molecule has 0 spiro atoms. The quantitative estimate of drug-likeness (QED) is 0.783. The Morgan fingerprint density at radius 1 is 1.41 bits per heavy atom. The van der Waals surface area contributed by atoms with Crippen LogP contribution in [0.25, 0.3) is 5.65 Å². The highest BCUT2D eigenvalue weighted by Gasteiger charge is 2.22. The van der Waals surface area contributed by atoms with E-state index in [2.05, 4.69) is 10.2 Å². The Labute approximate surface area is 98.4 Å². The molecule has 17 heavy (non-hydrogen) atoms. The number of aromatic nitrogens is 3. The van der Waals surface area contributed by atoms with Crippen LogP contribution in [0, 0.1) is 11.3 Å². The van der Waals surface area contributed by atoms with Gasteiger partial charge in [0, 0.05) is 12.5 Å².